The lowest BCUT2D eigenvalue weighted by Crippen LogP contribution is -2.41. The SMILES string of the molecule is C[C@H](NC1CC(c2ccccc2)C1)c1ccccc1Br. The Balaban J connectivity index is 1.55. The highest BCUT2D eigenvalue weighted by Gasteiger charge is 2.31. The Bertz CT molecular complexity index is 561. The van der Waals surface area contributed by atoms with Crippen LogP contribution in [0.1, 0.15) is 42.9 Å². The van der Waals surface area contributed by atoms with Crippen molar-refractivity contribution in [2.24, 2.45) is 0 Å². The van der Waals surface area contributed by atoms with E-state index in [9.17, 15) is 0 Å². The van der Waals surface area contributed by atoms with Crippen LogP contribution in [0.25, 0.3) is 0 Å². The topological polar surface area (TPSA) is 12.0 Å². The van der Waals surface area contributed by atoms with Gasteiger partial charge in [-0.1, -0.05) is 64.5 Å². The first-order valence-electron chi connectivity index (χ1n) is 7.29. The second-order valence-corrected chi connectivity index (χ2v) is 6.54. The molecule has 1 saturated carbocycles. The molecule has 0 amide bonds. The van der Waals surface area contributed by atoms with E-state index in [2.05, 4.69) is 82.8 Å². The van der Waals surface area contributed by atoms with Gasteiger partial charge in [-0.2, -0.15) is 0 Å². The van der Waals surface area contributed by atoms with E-state index >= 15 is 0 Å². The third-order valence-electron chi connectivity index (χ3n) is 4.27. The Labute approximate surface area is 129 Å². The van der Waals surface area contributed by atoms with E-state index in [0.29, 0.717) is 12.1 Å². The first-order chi connectivity index (χ1) is 9.74. The lowest BCUT2D eigenvalue weighted by Gasteiger charge is -2.38. The molecule has 0 radical (unpaired) electrons. The standard InChI is InChI=1S/C18H20BrN/c1-13(17-9-5-6-10-18(17)19)20-16-11-15(12-16)14-7-3-2-4-8-14/h2-10,13,15-16,20H,11-12H2,1H3/t13-,15?,16?/m0/s1. The predicted octanol–water partition coefficient (Wildman–Crippen LogP) is 5.05. The molecule has 0 heterocycles. The van der Waals surface area contributed by atoms with Crippen molar-refractivity contribution < 1.29 is 0 Å². The number of benzene rings is 2. The molecule has 2 aromatic carbocycles. The molecule has 0 bridgehead atoms. The number of hydrogen-bond acceptors (Lipinski definition) is 1. The zero-order chi connectivity index (χ0) is 13.9. The van der Waals surface area contributed by atoms with Gasteiger partial charge in [0.1, 0.15) is 0 Å². The van der Waals surface area contributed by atoms with Crippen molar-refractivity contribution in [1.82, 2.24) is 5.32 Å². The summed E-state index contributed by atoms with van der Waals surface area (Å²) in [7, 11) is 0. The van der Waals surface area contributed by atoms with Gasteiger partial charge >= 0.3 is 0 Å². The monoisotopic (exact) mass is 329 g/mol. The zero-order valence-corrected chi connectivity index (χ0v) is 13.3. The lowest BCUT2D eigenvalue weighted by molar-refractivity contribution is 0.270. The van der Waals surface area contributed by atoms with Crippen LogP contribution in [0.3, 0.4) is 0 Å². The molecule has 1 atom stereocenters. The van der Waals surface area contributed by atoms with Crippen LogP contribution in [-0.4, -0.2) is 6.04 Å². The molecule has 2 heteroatoms. The number of nitrogens with one attached hydrogen (secondary N) is 1. The molecule has 0 spiro atoms. The molecular weight excluding hydrogens is 310 g/mol. The van der Waals surface area contributed by atoms with E-state index in [-0.39, 0.29) is 0 Å². The average molecular weight is 330 g/mol. The Hall–Kier alpha value is -1.12. The third kappa shape index (κ3) is 2.97. The predicted molar refractivity (Wildman–Crippen MR) is 87.9 cm³/mol. The van der Waals surface area contributed by atoms with E-state index < -0.39 is 0 Å². The Morgan fingerprint density at radius 2 is 1.65 bits per heavy atom. The molecule has 1 nitrogen and oxygen atoms in total. The van der Waals surface area contributed by atoms with Crippen LogP contribution < -0.4 is 5.32 Å². The molecule has 0 aromatic heterocycles. The van der Waals surface area contributed by atoms with Crippen molar-refractivity contribution >= 4 is 15.9 Å². The summed E-state index contributed by atoms with van der Waals surface area (Å²) >= 11 is 3.64. The summed E-state index contributed by atoms with van der Waals surface area (Å²) < 4.78 is 1.19. The lowest BCUT2D eigenvalue weighted by atomic mass is 9.75. The van der Waals surface area contributed by atoms with Crippen molar-refractivity contribution in [3.8, 4) is 0 Å². The van der Waals surface area contributed by atoms with Crippen molar-refractivity contribution in [2.45, 2.75) is 37.8 Å². The summed E-state index contributed by atoms with van der Waals surface area (Å²) in [6, 6.07) is 20.4. The van der Waals surface area contributed by atoms with Gasteiger partial charge in [0.25, 0.3) is 0 Å². The van der Waals surface area contributed by atoms with Crippen LogP contribution in [-0.2, 0) is 0 Å². The normalized spacial score (nSPS) is 23.1. The van der Waals surface area contributed by atoms with Gasteiger partial charge < -0.3 is 5.32 Å². The summed E-state index contributed by atoms with van der Waals surface area (Å²) in [5.41, 5.74) is 2.83. The fourth-order valence-corrected chi connectivity index (χ4v) is 3.65. The first-order valence-corrected chi connectivity index (χ1v) is 8.09. The van der Waals surface area contributed by atoms with Gasteiger partial charge in [0.2, 0.25) is 0 Å². The summed E-state index contributed by atoms with van der Waals surface area (Å²) in [6.07, 6.45) is 2.50. The fraction of sp³-hybridized carbons (Fsp3) is 0.333. The minimum Gasteiger partial charge on any atom is -0.307 e. The van der Waals surface area contributed by atoms with Crippen LogP contribution in [0, 0.1) is 0 Å². The maximum atomic E-state index is 3.74. The van der Waals surface area contributed by atoms with Gasteiger partial charge in [-0.25, -0.2) is 0 Å². The van der Waals surface area contributed by atoms with Crippen LogP contribution in [0.4, 0.5) is 0 Å². The van der Waals surface area contributed by atoms with Gasteiger partial charge in [0.05, 0.1) is 0 Å². The van der Waals surface area contributed by atoms with Gasteiger partial charge in [0, 0.05) is 16.6 Å². The molecule has 0 saturated heterocycles. The Morgan fingerprint density at radius 1 is 1.00 bits per heavy atom. The van der Waals surface area contributed by atoms with Gasteiger partial charge in [-0.05, 0) is 42.9 Å². The minimum atomic E-state index is 0.396. The first kappa shape index (κ1) is 13.8. The third-order valence-corrected chi connectivity index (χ3v) is 4.99. The second-order valence-electron chi connectivity index (χ2n) is 5.69. The summed E-state index contributed by atoms with van der Waals surface area (Å²) in [4.78, 5) is 0. The van der Waals surface area contributed by atoms with E-state index in [1.54, 1.807) is 0 Å². The molecule has 1 aliphatic rings. The molecule has 1 N–H and O–H groups in total. The summed E-state index contributed by atoms with van der Waals surface area (Å²) in [6.45, 7) is 2.25. The van der Waals surface area contributed by atoms with Gasteiger partial charge in [0.15, 0.2) is 0 Å². The highest BCUT2D eigenvalue weighted by molar-refractivity contribution is 9.10. The van der Waals surface area contributed by atoms with Crippen LogP contribution in [0.2, 0.25) is 0 Å². The second kappa shape index (κ2) is 6.11. The van der Waals surface area contributed by atoms with Crippen molar-refractivity contribution in [1.29, 1.82) is 0 Å². The number of halogens is 1. The van der Waals surface area contributed by atoms with E-state index in [1.807, 2.05) is 0 Å². The molecule has 20 heavy (non-hydrogen) atoms. The molecule has 0 aliphatic heterocycles. The van der Waals surface area contributed by atoms with E-state index in [0.717, 1.165) is 5.92 Å². The highest BCUT2D eigenvalue weighted by Crippen LogP contribution is 2.38. The maximum absolute atomic E-state index is 3.74. The number of hydrogen-bond donors (Lipinski definition) is 1. The molecule has 3 rings (SSSR count). The van der Waals surface area contributed by atoms with Gasteiger partial charge in [-0.15, -0.1) is 0 Å². The Morgan fingerprint density at radius 3 is 2.35 bits per heavy atom. The molecule has 0 unspecified atom stereocenters. The molecule has 1 aliphatic carbocycles. The Kier molecular flexibility index (Phi) is 4.23. The van der Waals surface area contributed by atoms with Crippen LogP contribution in [0.5, 0.6) is 0 Å². The van der Waals surface area contributed by atoms with Gasteiger partial charge in [-0.3, -0.25) is 0 Å². The quantitative estimate of drug-likeness (QED) is 0.827. The molecular formula is C18H20BrN. The summed E-state index contributed by atoms with van der Waals surface area (Å²) in [5, 5.41) is 3.74. The van der Waals surface area contributed by atoms with Crippen LogP contribution in [0.15, 0.2) is 59.1 Å². The fourth-order valence-electron chi connectivity index (χ4n) is 3.02. The van der Waals surface area contributed by atoms with E-state index in [4.69, 9.17) is 0 Å². The van der Waals surface area contributed by atoms with Crippen LogP contribution >= 0.6 is 15.9 Å². The van der Waals surface area contributed by atoms with Crippen molar-refractivity contribution in [3.05, 3.63) is 70.2 Å². The van der Waals surface area contributed by atoms with Crippen molar-refractivity contribution in [2.75, 3.05) is 0 Å². The molecule has 104 valence electrons. The van der Waals surface area contributed by atoms with Crippen molar-refractivity contribution in [3.63, 3.8) is 0 Å². The minimum absolute atomic E-state index is 0.396. The smallest absolute Gasteiger partial charge is 0.0305 e. The molecule has 2 aromatic rings. The molecule has 1 fully saturated rings. The highest BCUT2D eigenvalue weighted by atomic mass is 79.9. The number of rotatable bonds is 4. The maximum Gasteiger partial charge on any atom is 0.0305 e. The largest absolute Gasteiger partial charge is 0.307 e. The van der Waals surface area contributed by atoms with E-state index in [1.165, 1.54) is 28.4 Å². The summed E-state index contributed by atoms with van der Waals surface area (Å²) in [5.74, 6) is 0.736. The zero-order valence-electron chi connectivity index (χ0n) is 11.7. The average Bonchev–Trinajstić information content (AvgIpc) is 2.43.